The summed E-state index contributed by atoms with van der Waals surface area (Å²) in [5.41, 5.74) is 2.13. The molecule has 0 saturated heterocycles. The molecule has 1 atom stereocenters. The van der Waals surface area contributed by atoms with E-state index in [2.05, 4.69) is 16.7 Å². The second-order valence-electron chi connectivity index (χ2n) is 4.72. The van der Waals surface area contributed by atoms with Crippen LogP contribution in [0, 0.1) is 11.3 Å². The van der Waals surface area contributed by atoms with Crippen LogP contribution in [0.25, 0.3) is 0 Å². The molecule has 0 aliphatic heterocycles. The summed E-state index contributed by atoms with van der Waals surface area (Å²) in [4.78, 5) is 11.9. The van der Waals surface area contributed by atoms with Crippen LogP contribution >= 0.6 is 0 Å². The van der Waals surface area contributed by atoms with Crippen LogP contribution in [0.2, 0.25) is 0 Å². The van der Waals surface area contributed by atoms with Gasteiger partial charge in [0.1, 0.15) is 6.07 Å². The first-order valence-electron chi connectivity index (χ1n) is 6.78. The van der Waals surface area contributed by atoms with E-state index in [0.29, 0.717) is 11.3 Å². The van der Waals surface area contributed by atoms with Gasteiger partial charge in [0.15, 0.2) is 0 Å². The van der Waals surface area contributed by atoms with E-state index in [1.165, 1.54) is 0 Å². The number of carbonyl (C=O) groups is 1. The molecule has 1 amide bonds. The largest absolute Gasteiger partial charge is 0.324 e. The molecule has 2 N–H and O–H groups in total. The van der Waals surface area contributed by atoms with E-state index in [4.69, 9.17) is 5.26 Å². The third kappa shape index (κ3) is 4.16. The van der Waals surface area contributed by atoms with Crippen molar-refractivity contribution in [3.8, 4) is 6.07 Å². The lowest BCUT2D eigenvalue weighted by Crippen LogP contribution is -2.30. The predicted octanol–water partition coefficient (Wildman–Crippen LogP) is 2.85. The zero-order valence-electron chi connectivity index (χ0n) is 11.8. The summed E-state index contributed by atoms with van der Waals surface area (Å²) in [6.07, 6.45) is 0. The Labute approximate surface area is 124 Å². The normalized spacial score (nSPS) is 11.4. The van der Waals surface area contributed by atoms with Gasteiger partial charge >= 0.3 is 0 Å². The number of nitrogens with one attached hydrogen (secondary N) is 2. The second kappa shape index (κ2) is 7.22. The van der Waals surface area contributed by atoms with Gasteiger partial charge < -0.3 is 10.6 Å². The zero-order valence-corrected chi connectivity index (χ0v) is 11.8. The monoisotopic (exact) mass is 279 g/mol. The fourth-order valence-corrected chi connectivity index (χ4v) is 1.99. The molecular weight excluding hydrogens is 262 g/mol. The Kier molecular flexibility index (Phi) is 5.08. The molecule has 2 rings (SSSR count). The second-order valence-corrected chi connectivity index (χ2v) is 4.72. The number of carbonyl (C=O) groups excluding carboxylic acids is 1. The van der Waals surface area contributed by atoms with Crippen molar-refractivity contribution >= 4 is 11.6 Å². The van der Waals surface area contributed by atoms with E-state index < -0.39 is 0 Å². The molecule has 4 nitrogen and oxygen atoms in total. The average Bonchev–Trinajstić information content (AvgIpc) is 2.54. The Bertz CT molecular complexity index is 647. The van der Waals surface area contributed by atoms with Crippen molar-refractivity contribution in [2.45, 2.75) is 13.0 Å². The highest BCUT2D eigenvalue weighted by Crippen LogP contribution is 2.14. The molecular formula is C17H17N3O. The first kappa shape index (κ1) is 14.8. The van der Waals surface area contributed by atoms with Gasteiger partial charge in [0.2, 0.25) is 5.91 Å². The third-order valence-corrected chi connectivity index (χ3v) is 3.19. The molecule has 0 fully saturated rings. The summed E-state index contributed by atoms with van der Waals surface area (Å²) < 4.78 is 0. The molecule has 0 aliphatic carbocycles. The molecule has 0 radical (unpaired) electrons. The van der Waals surface area contributed by atoms with Crippen molar-refractivity contribution in [3.05, 3.63) is 65.7 Å². The van der Waals surface area contributed by atoms with Crippen molar-refractivity contribution < 1.29 is 4.79 Å². The van der Waals surface area contributed by atoms with Crippen LogP contribution in [0.15, 0.2) is 54.6 Å². The van der Waals surface area contributed by atoms with Gasteiger partial charge in [0.25, 0.3) is 0 Å². The van der Waals surface area contributed by atoms with Gasteiger partial charge in [-0.1, -0.05) is 42.5 Å². The number of amides is 1. The Balaban J connectivity index is 1.90. The number of nitriles is 1. The first-order valence-corrected chi connectivity index (χ1v) is 6.78. The molecule has 0 aliphatic rings. The Morgan fingerprint density at radius 2 is 1.81 bits per heavy atom. The molecule has 0 saturated carbocycles. The number of hydrogen-bond acceptors (Lipinski definition) is 3. The lowest BCUT2D eigenvalue weighted by atomic mass is 10.1. The molecule has 21 heavy (non-hydrogen) atoms. The minimum atomic E-state index is -0.166. The third-order valence-electron chi connectivity index (χ3n) is 3.19. The van der Waals surface area contributed by atoms with E-state index in [1.807, 2.05) is 37.3 Å². The summed E-state index contributed by atoms with van der Waals surface area (Å²) >= 11 is 0. The van der Waals surface area contributed by atoms with Gasteiger partial charge in [-0.3, -0.25) is 4.79 Å². The van der Waals surface area contributed by atoms with Crippen LogP contribution in [0.1, 0.15) is 24.1 Å². The van der Waals surface area contributed by atoms with Crippen molar-refractivity contribution in [1.29, 1.82) is 5.26 Å². The number of rotatable bonds is 5. The van der Waals surface area contributed by atoms with Gasteiger partial charge in [-0.15, -0.1) is 0 Å². The minimum Gasteiger partial charge on any atom is -0.324 e. The summed E-state index contributed by atoms with van der Waals surface area (Å²) in [5, 5.41) is 14.9. The summed E-state index contributed by atoms with van der Waals surface area (Å²) in [6.45, 7) is 2.20. The molecule has 0 unspecified atom stereocenters. The highest BCUT2D eigenvalue weighted by Gasteiger charge is 2.09. The molecule has 4 heteroatoms. The van der Waals surface area contributed by atoms with Gasteiger partial charge in [-0.2, -0.15) is 5.26 Å². The number of para-hydroxylation sites is 1. The lowest BCUT2D eigenvalue weighted by Gasteiger charge is -2.14. The minimum absolute atomic E-state index is 0.0863. The Morgan fingerprint density at radius 1 is 1.14 bits per heavy atom. The van der Waals surface area contributed by atoms with E-state index in [1.54, 1.807) is 24.3 Å². The lowest BCUT2D eigenvalue weighted by molar-refractivity contribution is -0.115. The van der Waals surface area contributed by atoms with Crippen LogP contribution < -0.4 is 10.6 Å². The fourth-order valence-electron chi connectivity index (χ4n) is 1.99. The number of benzene rings is 2. The van der Waals surface area contributed by atoms with Crippen LogP contribution in [-0.2, 0) is 4.79 Å². The van der Waals surface area contributed by atoms with Gasteiger partial charge in [-0.25, -0.2) is 0 Å². The van der Waals surface area contributed by atoms with Crippen molar-refractivity contribution in [2.24, 2.45) is 0 Å². The summed E-state index contributed by atoms with van der Waals surface area (Å²) in [7, 11) is 0. The highest BCUT2D eigenvalue weighted by atomic mass is 16.1. The predicted molar refractivity (Wildman–Crippen MR) is 82.6 cm³/mol. The number of anilines is 1. The zero-order chi connectivity index (χ0) is 15.1. The smallest absolute Gasteiger partial charge is 0.238 e. The molecule has 106 valence electrons. The van der Waals surface area contributed by atoms with Crippen LogP contribution in [0.5, 0.6) is 0 Å². The quantitative estimate of drug-likeness (QED) is 0.884. The van der Waals surface area contributed by atoms with E-state index in [0.717, 1.165) is 5.56 Å². The van der Waals surface area contributed by atoms with Gasteiger partial charge in [0, 0.05) is 6.04 Å². The van der Waals surface area contributed by atoms with Crippen molar-refractivity contribution in [3.63, 3.8) is 0 Å². The van der Waals surface area contributed by atoms with E-state index >= 15 is 0 Å². The summed E-state index contributed by atoms with van der Waals surface area (Å²) in [5.74, 6) is -0.166. The van der Waals surface area contributed by atoms with Gasteiger partial charge in [0.05, 0.1) is 17.8 Å². The highest BCUT2D eigenvalue weighted by molar-refractivity contribution is 5.93. The molecule has 2 aromatic rings. The van der Waals surface area contributed by atoms with Crippen LogP contribution in [-0.4, -0.2) is 12.5 Å². The van der Waals surface area contributed by atoms with Crippen LogP contribution in [0.4, 0.5) is 5.69 Å². The Morgan fingerprint density at radius 3 is 2.52 bits per heavy atom. The molecule has 0 aromatic heterocycles. The molecule has 2 aromatic carbocycles. The average molecular weight is 279 g/mol. The van der Waals surface area contributed by atoms with E-state index in [-0.39, 0.29) is 18.5 Å². The number of nitrogens with zero attached hydrogens (tertiary/aromatic N) is 1. The maximum atomic E-state index is 11.9. The molecule has 0 heterocycles. The maximum Gasteiger partial charge on any atom is 0.238 e. The first-order chi connectivity index (χ1) is 10.2. The van der Waals surface area contributed by atoms with Crippen molar-refractivity contribution in [2.75, 3.05) is 11.9 Å². The Hall–Kier alpha value is -2.64. The standard InChI is InChI=1S/C17H17N3O/c1-13(14-7-3-2-4-8-14)19-12-17(21)20-16-10-6-5-9-15(16)11-18/h2-10,13,19H,12H2,1H3,(H,20,21)/t13-/m1/s1. The fraction of sp³-hybridized carbons (Fsp3) is 0.176. The van der Waals surface area contributed by atoms with Crippen molar-refractivity contribution in [1.82, 2.24) is 5.32 Å². The topological polar surface area (TPSA) is 64.9 Å². The maximum absolute atomic E-state index is 11.9. The number of hydrogen-bond donors (Lipinski definition) is 2. The van der Waals surface area contributed by atoms with Crippen LogP contribution in [0.3, 0.4) is 0 Å². The molecule has 0 spiro atoms. The molecule has 0 bridgehead atoms. The van der Waals surface area contributed by atoms with E-state index in [9.17, 15) is 4.79 Å². The van der Waals surface area contributed by atoms with Gasteiger partial charge in [-0.05, 0) is 24.6 Å². The SMILES string of the molecule is C[C@@H](NCC(=O)Nc1ccccc1C#N)c1ccccc1. The summed E-state index contributed by atoms with van der Waals surface area (Å²) in [6, 6.07) is 19.0.